The molecule has 1 amide bonds. The molecule has 2 aromatic rings. The Balaban J connectivity index is 1.97. The number of carbonyl (C=O) groups excluding carboxylic acids is 1. The first-order chi connectivity index (χ1) is 12.3. The van der Waals surface area contributed by atoms with E-state index in [2.05, 4.69) is 24.5 Å². The van der Waals surface area contributed by atoms with Crippen molar-refractivity contribution in [2.45, 2.75) is 32.8 Å². The van der Waals surface area contributed by atoms with Crippen molar-refractivity contribution in [2.75, 3.05) is 5.32 Å². The Labute approximate surface area is 168 Å². The summed E-state index contributed by atoms with van der Waals surface area (Å²) in [5.74, 6) is 0.324. The third-order valence-electron chi connectivity index (χ3n) is 3.63. The van der Waals surface area contributed by atoms with Gasteiger partial charge in [0.05, 0.1) is 5.02 Å². The fraction of sp³-hybridized carbons (Fsp3) is 0.263. The van der Waals surface area contributed by atoms with E-state index >= 15 is 0 Å². The Kier molecular flexibility index (Phi) is 7.26. The van der Waals surface area contributed by atoms with Crippen LogP contribution in [-0.4, -0.2) is 17.1 Å². The van der Waals surface area contributed by atoms with Crippen molar-refractivity contribution < 1.29 is 9.53 Å². The van der Waals surface area contributed by atoms with Crippen LogP contribution in [0.3, 0.4) is 0 Å². The molecule has 0 aliphatic heterocycles. The standard InChI is InChI=1S/C19H20Cl2N2O2S/c1-11(2)14-6-4-5-7-16(14)22-19(26)23-18(24)12(3)25-17-9-8-13(20)10-15(17)21/h4-12H,1-3H3,(H2,22,23,24,26). The van der Waals surface area contributed by atoms with E-state index < -0.39 is 6.10 Å². The largest absolute Gasteiger partial charge is 0.479 e. The fourth-order valence-electron chi connectivity index (χ4n) is 2.30. The third kappa shape index (κ3) is 5.59. The predicted octanol–water partition coefficient (Wildman–Crippen LogP) is 5.40. The summed E-state index contributed by atoms with van der Waals surface area (Å²) in [5, 5.41) is 6.73. The van der Waals surface area contributed by atoms with E-state index in [1.807, 2.05) is 24.3 Å². The quantitative estimate of drug-likeness (QED) is 0.647. The van der Waals surface area contributed by atoms with Gasteiger partial charge < -0.3 is 10.1 Å². The molecule has 0 bridgehead atoms. The summed E-state index contributed by atoms with van der Waals surface area (Å²) in [4.78, 5) is 12.3. The van der Waals surface area contributed by atoms with Crippen LogP contribution in [0.2, 0.25) is 10.0 Å². The molecule has 138 valence electrons. The third-order valence-corrected chi connectivity index (χ3v) is 4.37. The lowest BCUT2D eigenvalue weighted by Crippen LogP contribution is -2.42. The first-order valence-corrected chi connectivity index (χ1v) is 9.27. The van der Waals surface area contributed by atoms with Gasteiger partial charge in [0.2, 0.25) is 0 Å². The Morgan fingerprint density at radius 2 is 1.81 bits per heavy atom. The van der Waals surface area contributed by atoms with Gasteiger partial charge in [-0.1, -0.05) is 55.2 Å². The highest BCUT2D eigenvalue weighted by molar-refractivity contribution is 7.80. The van der Waals surface area contributed by atoms with Gasteiger partial charge in [0, 0.05) is 10.7 Å². The maximum absolute atomic E-state index is 12.3. The monoisotopic (exact) mass is 410 g/mol. The van der Waals surface area contributed by atoms with Crippen molar-refractivity contribution in [1.82, 2.24) is 5.32 Å². The van der Waals surface area contributed by atoms with E-state index in [1.54, 1.807) is 25.1 Å². The fourth-order valence-corrected chi connectivity index (χ4v) is 2.96. The van der Waals surface area contributed by atoms with Crippen molar-refractivity contribution >= 4 is 52.1 Å². The molecule has 0 saturated heterocycles. The van der Waals surface area contributed by atoms with Crippen LogP contribution >= 0.6 is 35.4 Å². The molecule has 0 aliphatic rings. The van der Waals surface area contributed by atoms with Crippen LogP contribution in [0.15, 0.2) is 42.5 Å². The highest BCUT2D eigenvalue weighted by atomic mass is 35.5. The van der Waals surface area contributed by atoms with Crippen molar-refractivity contribution in [3.63, 3.8) is 0 Å². The van der Waals surface area contributed by atoms with E-state index in [1.165, 1.54) is 0 Å². The van der Waals surface area contributed by atoms with Crippen LogP contribution in [0.1, 0.15) is 32.3 Å². The molecule has 2 rings (SSSR count). The minimum absolute atomic E-state index is 0.209. The lowest BCUT2D eigenvalue weighted by Gasteiger charge is -2.18. The van der Waals surface area contributed by atoms with Gasteiger partial charge in [0.25, 0.3) is 5.91 Å². The van der Waals surface area contributed by atoms with E-state index in [-0.39, 0.29) is 11.0 Å². The van der Waals surface area contributed by atoms with Gasteiger partial charge in [-0.25, -0.2) is 0 Å². The summed E-state index contributed by atoms with van der Waals surface area (Å²) >= 11 is 17.2. The first-order valence-electron chi connectivity index (χ1n) is 8.10. The minimum atomic E-state index is -0.784. The van der Waals surface area contributed by atoms with Crippen molar-refractivity contribution in [1.29, 1.82) is 0 Å². The molecule has 1 atom stereocenters. The predicted molar refractivity (Wildman–Crippen MR) is 111 cm³/mol. The number of hydrogen-bond acceptors (Lipinski definition) is 3. The molecule has 2 aromatic carbocycles. The average Bonchev–Trinajstić information content (AvgIpc) is 2.57. The molecule has 7 heteroatoms. The topological polar surface area (TPSA) is 50.4 Å². The zero-order chi connectivity index (χ0) is 19.3. The summed E-state index contributed by atoms with van der Waals surface area (Å²) < 4.78 is 5.58. The van der Waals surface area contributed by atoms with Gasteiger partial charge in [0.15, 0.2) is 11.2 Å². The van der Waals surface area contributed by atoms with Gasteiger partial charge >= 0.3 is 0 Å². The highest BCUT2D eigenvalue weighted by Gasteiger charge is 2.18. The molecule has 1 unspecified atom stereocenters. The number of ether oxygens (including phenoxy) is 1. The number of para-hydroxylation sites is 1. The summed E-state index contributed by atoms with van der Waals surface area (Å²) in [6, 6.07) is 12.6. The lowest BCUT2D eigenvalue weighted by atomic mass is 10.0. The van der Waals surface area contributed by atoms with Crippen molar-refractivity contribution in [3.8, 4) is 5.75 Å². The Morgan fingerprint density at radius 3 is 2.46 bits per heavy atom. The first kappa shape index (κ1) is 20.5. The Bertz CT molecular complexity index is 812. The zero-order valence-corrected chi connectivity index (χ0v) is 17.0. The van der Waals surface area contributed by atoms with Crippen LogP contribution in [0.4, 0.5) is 5.69 Å². The van der Waals surface area contributed by atoms with Gasteiger partial charge in [0.1, 0.15) is 5.75 Å². The number of thiocarbonyl (C=S) groups is 1. The van der Waals surface area contributed by atoms with E-state index in [0.29, 0.717) is 21.7 Å². The maximum atomic E-state index is 12.3. The van der Waals surface area contributed by atoms with Gasteiger partial charge in [-0.05, 0) is 54.9 Å². The summed E-state index contributed by atoms with van der Waals surface area (Å²) in [5.41, 5.74) is 1.98. The number of amides is 1. The number of rotatable bonds is 5. The van der Waals surface area contributed by atoms with E-state index in [0.717, 1.165) is 11.3 Å². The van der Waals surface area contributed by atoms with Crippen molar-refractivity contribution in [3.05, 3.63) is 58.1 Å². The molecule has 0 aliphatic carbocycles. The number of halogens is 2. The second-order valence-corrected chi connectivity index (χ2v) is 7.27. The number of nitrogens with one attached hydrogen (secondary N) is 2. The highest BCUT2D eigenvalue weighted by Crippen LogP contribution is 2.28. The summed E-state index contributed by atoms with van der Waals surface area (Å²) in [6.07, 6.45) is -0.784. The molecule has 0 spiro atoms. The SMILES string of the molecule is CC(Oc1ccc(Cl)cc1Cl)C(=O)NC(=S)Nc1ccccc1C(C)C. The molecule has 4 nitrogen and oxygen atoms in total. The summed E-state index contributed by atoms with van der Waals surface area (Å²) in [6.45, 7) is 5.80. The second kappa shape index (κ2) is 9.21. The molecular formula is C19H20Cl2N2O2S. The van der Waals surface area contributed by atoms with Gasteiger partial charge in [-0.2, -0.15) is 0 Å². The smallest absolute Gasteiger partial charge is 0.266 e. The average molecular weight is 411 g/mol. The van der Waals surface area contributed by atoms with Crippen LogP contribution in [0.5, 0.6) is 5.75 Å². The molecule has 0 saturated carbocycles. The number of anilines is 1. The zero-order valence-electron chi connectivity index (χ0n) is 14.7. The number of hydrogen-bond donors (Lipinski definition) is 2. The molecule has 0 aromatic heterocycles. The molecule has 2 N–H and O–H groups in total. The van der Waals surface area contributed by atoms with Gasteiger partial charge in [-0.15, -0.1) is 0 Å². The minimum Gasteiger partial charge on any atom is -0.479 e. The van der Waals surface area contributed by atoms with Crippen LogP contribution < -0.4 is 15.4 Å². The van der Waals surface area contributed by atoms with E-state index in [4.69, 9.17) is 40.2 Å². The maximum Gasteiger partial charge on any atom is 0.266 e. The van der Waals surface area contributed by atoms with Crippen LogP contribution in [-0.2, 0) is 4.79 Å². The molecule has 0 fully saturated rings. The Hall–Kier alpha value is -1.82. The molecule has 0 radical (unpaired) electrons. The van der Waals surface area contributed by atoms with Gasteiger partial charge in [-0.3, -0.25) is 10.1 Å². The van der Waals surface area contributed by atoms with Crippen LogP contribution in [0, 0.1) is 0 Å². The summed E-state index contributed by atoms with van der Waals surface area (Å²) in [7, 11) is 0. The van der Waals surface area contributed by atoms with Crippen molar-refractivity contribution in [2.24, 2.45) is 0 Å². The Morgan fingerprint density at radius 1 is 1.12 bits per heavy atom. The second-order valence-electron chi connectivity index (χ2n) is 6.02. The number of benzene rings is 2. The normalized spacial score (nSPS) is 11.8. The lowest BCUT2D eigenvalue weighted by molar-refractivity contribution is -0.125. The number of carbonyl (C=O) groups is 1. The van der Waals surface area contributed by atoms with Crippen LogP contribution in [0.25, 0.3) is 0 Å². The molecule has 0 heterocycles. The van der Waals surface area contributed by atoms with E-state index in [9.17, 15) is 4.79 Å². The molecular weight excluding hydrogens is 391 g/mol. The molecule has 26 heavy (non-hydrogen) atoms.